The molecule has 1 N–H and O–H groups in total. The highest BCUT2D eigenvalue weighted by molar-refractivity contribution is 5.80. The number of hydrogen-bond acceptors (Lipinski definition) is 5. The van der Waals surface area contributed by atoms with Gasteiger partial charge in [0.1, 0.15) is 0 Å². The number of aromatic nitrogens is 2. The second-order valence-electron chi connectivity index (χ2n) is 9.08. The van der Waals surface area contributed by atoms with Crippen LogP contribution in [0.4, 0.5) is 0 Å². The lowest BCUT2D eigenvalue weighted by Crippen LogP contribution is -2.47. The molecule has 1 amide bonds. The summed E-state index contributed by atoms with van der Waals surface area (Å²) in [4.78, 5) is 34.7. The van der Waals surface area contributed by atoms with Crippen LogP contribution in [0.2, 0.25) is 0 Å². The van der Waals surface area contributed by atoms with Crippen molar-refractivity contribution >= 4 is 5.91 Å². The number of amides is 1. The molecule has 3 aliphatic rings. The highest BCUT2D eigenvalue weighted by Gasteiger charge is 2.56. The maximum atomic E-state index is 13.4. The van der Waals surface area contributed by atoms with Gasteiger partial charge >= 0.3 is 0 Å². The summed E-state index contributed by atoms with van der Waals surface area (Å²) in [7, 11) is 3.54. The lowest BCUT2D eigenvalue weighted by Gasteiger charge is -2.38. The zero-order chi connectivity index (χ0) is 21.0. The topological polar surface area (TPSA) is 78.7 Å². The summed E-state index contributed by atoms with van der Waals surface area (Å²) in [5, 5.41) is 10.3. The van der Waals surface area contributed by atoms with Crippen molar-refractivity contribution in [1.29, 1.82) is 0 Å². The van der Waals surface area contributed by atoms with Crippen molar-refractivity contribution in [3.8, 4) is 11.1 Å². The van der Waals surface area contributed by atoms with E-state index in [0.717, 1.165) is 17.8 Å². The van der Waals surface area contributed by atoms with Crippen LogP contribution in [-0.2, 0) is 11.3 Å². The van der Waals surface area contributed by atoms with Gasteiger partial charge in [0.15, 0.2) is 0 Å². The molecule has 4 heterocycles. The van der Waals surface area contributed by atoms with E-state index in [1.54, 1.807) is 31.4 Å². The average Bonchev–Trinajstić information content (AvgIpc) is 3.53. The number of nitrogens with zero attached hydrogens (tertiary/aromatic N) is 4. The normalized spacial score (nSPS) is 27.7. The van der Waals surface area contributed by atoms with E-state index in [-0.39, 0.29) is 42.0 Å². The van der Waals surface area contributed by atoms with E-state index in [0.29, 0.717) is 18.0 Å². The van der Waals surface area contributed by atoms with Gasteiger partial charge in [0.25, 0.3) is 5.56 Å². The van der Waals surface area contributed by atoms with Crippen LogP contribution in [0.3, 0.4) is 0 Å². The summed E-state index contributed by atoms with van der Waals surface area (Å²) >= 11 is 0. The van der Waals surface area contributed by atoms with Crippen molar-refractivity contribution < 1.29 is 9.90 Å². The van der Waals surface area contributed by atoms with E-state index < -0.39 is 0 Å². The van der Waals surface area contributed by atoms with E-state index in [4.69, 9.17) is 0 Å². The third-order valence-corrected chi connectivity index (χ3v) is 7.05. The van der Waals surface area contributed by atoms with Crippen molar-refractivity contribution in [3.63, 3.8) is 0 Å². The van der Waals surface area contributed by atoms with Crippen LogP contribution in [0.15, 0.2) is 41.5 Å². The van der Waals surface area contributed by atoms with Crippen LogP contribution in [-0.4, -0.2) is 63.7 Å². The number of hydrogen-bond donors (Lipinski definition) is 1. The molecule has 2 aromatic rings. The van der Waals surface area contributed by atoms with Crippen LogP contribution in [0.25, 0.3) is 11.1 Å². The zero-order valence-electron chi connectivity index (χ0n) is 17.4. The molecular formula is C23H28N4O3. The molecule has 2 aliphatic heterocycles. The minimum absolute atomic E-state index is 0.00705. The van der Waals surface area contributed by atoms with Gasteiger partial charge in [-0.3, -0.25) is 19.5 Å². The third kappa shape index (κ3) is 2.99. The molecule has 2 fully saturated rings. The molecule has 158 valence electrons. The summed E-state index contributed by atoms with van der Waals surface area (Å²) in [6.07, 6.45) is 5.82. The number of fused-ring (bicyclic) bond motifs is 4. The Bertz CT molecular complexity index is 1010. The number of carbonyl (C=O) groups excluding carboxylic acids is 1. The minimum Gasteiger partial charge on any atom is -0.396 e. The molecule has 0 unspecified atom stereocenters. The van der Waals surface area contributed by atoms with Gasteiger partial charge in [-0.15, -0.1) is 0 Å². The van der Waals surface area contributed by atoms with Gasteiger partial charge in [-0.1, -0.05) is 0 Å². The first kappa shape index (κ1) is 19.5. The molecule has 0 radical (unpaired) electrons. The highest BCUT2D eigenvalue weighted by atomic mass is 16.3. The van der Waals surface area contributed by atoms with E-state index in [1.165, 1.54) is 12.8 Å². The lowest BCUT2D eigenvalue weighted by atomic mass is 9.86. The summed E-state index contributed by atoms with van der Waals surface area (Å²) < 4.78 is 1.85. The van der Waals surface area contributed by atoms with E-state index in [2.05, 4.69) is 9.88 Å². The Morgan fingerprint density at radius 3 is 2.57 bits per heavy atom. The van der Waals surface area contributed by atoms with Crippen molar-refractivity contribution in [1.82, 2.24) is 19.4 Å². The Morgan fingerprint density at radius 1 is 1.20 bits per heavy atom. The van der Waals surface area contributed by atoms with E-state index >= 15 is 0 Å². The number of carbonyl (C=O) groups is 1. The first-order chi connectivity index (χ1) is 14.5. The van der Waals surface area contributed by atoms with E-state index in [1.807, 2.05) is 28.8 Å². The second kappa shape index (κ2) is 7.32. The molecule has 0 spiro atoms. The minimum atomic E-state index is -0.339. The molecule has 1 saturated carbocycles. The lowest BCUT2D eigenvalue weighted by molar-refractivity contribution is -0.135. The van der Waals surface area contributed by atoms with Gasteiger partial charge in [0, 0.05) is 69.4 Å². The molecule has 30 heavy (non-hydrogen) atoms. The Kier molecular flexibility index (Phi) is 4.75. The fraction of sp³-hybridized carbons (Fsp3) is 0.522. The largest absolute Gasteiger partial charge is 0.396 e. The predicted molar refractivity (Wildman–Crippen MR) is 113 cm³/mol. The van der Waals surface area contributed by atoms with Crippen molar-refractivity contribution in [2.45, 2.75) is 31.5 Å². The Balaban J connectivity index is 1.63. The van der Waals surface area contributed by atoms with Gasteiger partial charge in [-0.25, -0.2) is 0 Å². The van der Waals surface area contributed by atoms with E-state index in [9.17, 15) is 14.7 Å². The number of rotatable bonds is 5. The molecule has 5 rings (SSSR count). The predicted octanol–water partition coefficient (Wildman–Crippen LogP) is 1.37. The second-order valence-corrected chi connectivity index (χ2v) is 9.08. The fourth-order valence-corrected chi connectivity index (χ4v) is 5.40. The third-order valence-electron chi connectivity index (χ3n) is 7.05. The maximum Gasteiger partial charge on any atom is 0.258 e. The molecule has 0 aromatic carbocycles. The van der Waals surface area contributed by atoms with Gasteiger partial charge in [-0.05, 0) is 48.6 Å². The SMILES string of the molecule is CN(C)C(=O)[C@@H]1[C@@H](CO)[C@@H]2Cn3c(ccc(-c4ccncc4)c3=O)[C@H]1N2CC1CC1. The molecule has 1 saturated heterocycles. The smallest absolute Gasteiger partial charge is 0.258 e. The highest BCUT2D eigenvalue weighted by Crippen LogP contribution is 2.50. The van der Waals surface area contributed by atoms with Crippen LogP contribution >= 0.6 is 0 Å². The van der Waals surface area contributed by atoms with Crippen LogP contribution in [0.5, 0.6) is 0 Å². The van der Waals surface area contributed by atoms with Gasteiger partial charge < -0.3 is 14.6 Å². The summed E-state index contributed by atoms with van der Waals surface area (Å²) in [6, 6.07) is 7.39. The van der Waals surface area contributed by atoms with Gasteiger partial charge in [0.05, 0.1) is 12.0 Å². The average molecular weight is 409 g/mol. The van der Waals surface area contributed by atoms with Crippen molar-refractivity contribution in [2.75, 3.05) is 27.2 Å². The molecular weight excluding hydrogens is 380 g/mol. The number of pyridine rings is 2. The molecule has 7 nitrogen and oxygen atoms in total. The summed E-state index contributed by atoms with van der Waals surface area (Å²) in [5.74, 6) is 0.180. The molecule has 4 atom stereocenters. The molecule has 7 heteroatoms. The molecule has 2 bridgehead atoms. The Morgan fingerprint density at radius 2 is 1.93 bits per heavy atom. The standard InChI is InChI=1S/C23H28N4O3/c1-25(2)23(30)20-17(13-28)19-12-27-18(21(20)26(19)11-14-3-4-14)6-5-16(22(27)29)15-7-9-24-10-8-15/h5-10,14,17,19-21,28H,3-4,11-13H2,1-2H3/t17-,19-,20+,21+/m0/s1. The van der Waals surface area contributed by atoms with Crippen LogP contribution < -0.4 is 5.56 Å². The molecule has 1 aliphatic carbocycles. The quantitative estimate of drug-likeness (QED) is 0.809. The fourth-order valence-electron chi connectivity index (χ4n) is 5.40. The Labute approximate surface area is 176 Å². The zero-order valence-corrected chi connectivity index (χ0v) is 17.4. The molecule has 2 aromatic heterocycles. The van der Waals surface area contributed by atoms with Gasteiger partial charge in [0.2, 0.25) is 5.91 Å². The first-order valence-electron chi connectivity index (χ1n) is 10.7. The monoisotopic (exact) mass is 408 g/mol. The Hall–Kier alpha value is -2.51. The van der Waals surface area contributed by atoms with Crippen molar-refractivity contribution in [2.24, 2.45) is 17.8 Å². The van der Waals surface area contributed by atoms with Crippen molar-refractivity contribution in [3.05, 3.63) is 52.7 Å². The van der Waals surface area contributed by atoms with Crippen LogP contribution in [0.1, 0.15) is 24.6 Å². The first-order valence-corrected chi connectivity index (χ1v) is 10.7. The summed E-state index contributed by atoms with van der Waals surface area (Å²) in [6.45, 7) is 1.40. The number of aliphatic hydroxyl groups is 1. The maximum absolute atomic E-state index is 13.4. The number of aliphatic hydroxyl groups excluding tert-OH is 1. The van der Waals surface area contributed by atoms with Gasteiger partial charge in [-0.2, -0.15) is 0 Å². The van der Waals surface area contributed by atoms with Crippen LogP contribution in [0, 0.1) is 17.8 Å². The summed E-state index contributed by atoms with van der Waals surface area (Å²) in [5.41, 5.74) is 2.35.